The zero-order valence-corrected chi connectivity index (χ0v) is 14.1. The topological polar surface area (TPSA) is 65.6 Å². The van der Waals surface area contributed by atoms with Crippen molar-refractivity contribution < 1.29 is 4.39 Å². The minimum Gasteiger partial charge on any atom is -0.267 e. The number of benzene rings is 1. The van der Waals surface area contributed by atoms with Crippen LogP contribution in [0.5, 0.6) is 0 Å². The highest BCUT2D eigenvalue weighted by Crippen LogP contribution is 2.45. The summed E-state index contributed by atoms with van der Waals surface area (Å²) in [5.74, 6) is 0.649. The van der Waals surface area contributed by atoms with Crippen LogP contribution in [0.1, 0.15) is 60.5 Å². The standard InChI is InChI=1S/C19H18FN5O/c20-15-10-17(16-11-21-6-7-22-16)24-18(15)23-25(19(24)26)14-8-13(9-14)12-4-2-1-3-5-12/h1-7,11,13-15,17H,8-10H2/t13?,14?,15-,17-/m0/s1. The maximum atomic E-state index is 14.5. The van der Waals surface area contributed by atoms with Crippen LogP contribution < -0.4 is 5.69 Å². The Morgan fingerprint density at radius 3 is 2.62 bits per heavy atom. The highest BCUT2D eigenvalue weighted by molar-refractivity contribution is 5.23. The van der Waals surface area contributed by atoms with E-state index in [0.717, 1.165) is 12.8 Å². The molecule has 1 aliphatic carbocycles. The summed E-state index contributed by atoms with van der Waals surface area (Å²) < 4.78 is 17.4. The van der Waals surface area contributed by atoms with Gasteiger partial charge in [0.15, 0.2) is 12.0 Å². The molecule has 6 nitrogen and oxygen atoms in total. The SMILES string of the molecule is O=c1n(C2CC(c3ccccc3)C2)nc2n1[C@H](c1cnccn1)C[C@@H]2F. The Labute approximate surface area is 149 Å². The molecule has 2 aliphatic rings. The van der Waals surface area contributed by atoms with E-state index in [1.54, 1.807) is 18.6 Å². The normalized spacial score (nSPS) is 27.1. The molecule has 0 saturated heterocycles. The van der Waals surface area contributed by atoms with Crippen molar-refractivity contribution in [2.45, 2.75) is 43.4 Å². The molecule has 0 radical (unpaired) electrons. The Morgan fingerprint density at radius 2 is 1.88 bits per heavy atom. The van der Waals surface area contributed by atoms with Crippen LogP contribution in [-0.2, 0) is 0 Å². The Balaban J connectivity index is 1.43. The number of hydrogen-bond donors (Lipinski definition) is 0. The molecule has 1 saturated carbocycles. The first-order valence-electron chi connectivity index (χ1n) is 8.88. The minimum absolute atomic E-state index is 0.0283. The first kappa shape index (κ1) is 15.4. The molecule has 0 spiro atoms. The molecule has 3 heterocycles. The number of rotatable bonds is 3. The van der Waals surface area contributed by atoms with Crippen molar-refractivity contribution in [1.29, 1.82) is 0 Å². The molecule has 0 bridgehead atoms. The van der Waals surface area contributed by atoms with E-state index in [0.29, 0.717) is 11.6 Å². The van der Waals surface area contributed by atoms with Crippen molar-refractivity contribution in [1.82, 2.24) is 24.3 Å². The summed E-state index contributed by atoms with van der Waals surface area (Å²) in [4.78, 5) is 21.2. The van der Waals surface area contributed by atoms with E-state index in [4.69, 9.17) is 0 Å². The zero-order valence-electron chi connectivity index (χ0n) is 14.1. The number of fused-ring (bicyclic) bond motifs is 1. The van der Waals surface area contributed by atoms with Crippen LogP contribution >= 0.6 is 0 Å². The number of halogens is 1. The molecule has 1 fully saturated rings. The van der Waals surface area contributed by atoms with Gasteiger partial charge in [0.1, 0.15) is 0 Å². The Morgan fingerprint density at radius 1 is 1.08 bits per heavy atom. The van der Waals surface area contributed by atoms with Crippen LogP contribution in [0.15, 0.2) is 53.7 Å². The Kier molecular flexibility index (Phi) is 3.48. The first-order valence-corrected chi connectivity index (χ1v) is 8.88. The molecule has 26 heavy (non-hydrogen) atoms. The second kappa shape index (κ2) is 5.86. The summed E-state index contributed by atoms with van der Waals surface area (Å²) in [7, 11) is 0. The summed E-state index contributed by atoms with van der Waals surface area (Å²) in [5, 5.41) is 4.34. The van der Waals surface area contributed by atoms with Crippen LogP contribution in [-0.4, -0.2) is 24.3 Å². The third kappa shape index (κ3) is 2.30. The third-order valence-electron chi connectivity index (χ3n) is 5.54. The van der Waals surface area contributed by atoms with Gasteiger partial charge in [0.2, 0.25) is 0 Å². The van der Waals surface area contributed by atoms with Crippen molar-refractivity contribution in [3.05, 3.63) is 76.5 Å². The van der Waals surface area contributed by atoms with E-state index in [-0.39, 0.29) is 24.0 Å². The molecule has 2 atom stereocenters. The summed E-state index contributed by atoms with van der Waals surface area (Å²) in [5.41, 5.74) is 1.64. The van der Waals surface area contributed by atoms with Gasteiger partial charge >= 0.3 is 5.69 Å². The van der Waals surface area contributed by atoms with Crippen LogP contribution in [0.4, 0.5) is 4.39 Å². The number of nitrogens with zero attached hydrogens (tertiary/aromatic N) is 5. The largest absolute Gasteiger partial charge is 0.346 e. The summed E-state index contributed by atoms with van der Waals surface area (Å²) >= 11 is 0. The molecule has 132 valence electrons. The smallest absolute Gasteiger partial charge is 0.267 e. The number of hydrogen-bond acceptors (Lipinski definition) is 4. The lowest BCUT2D eigenvalue weighted by Crippen LogP contribution is -2.35. The van der Waals surface area contributed by atoms with Gasteiger partial charge in [0.25, 0.3) is 0 Å². The van der Waals surface area contributed by atoms with Gasteiger partial charge < -0.3 is 0 Å². The number of alkyl halides is 1. The average Bonchev–Trinajstić information content (AvgIpc) is 3.14. The van der Waals surface area contributed by atoms with Gasteiger partial charge in [0, 0.05) is 18.8 Å². The molecule has 5 rings (SSSR count). The lowest BCUT2D eigenvalue weighted by Gasteiger charge is -2.35. The molecule has 1 aromatic carbocycles. The van der Waals surface area contributed by atoms with Gasteiger partial charge in [-0.2, -0.15) is 5.10 Å². The highest BCUT2D eigenvalue weighted by atomic mass is 19.1. The maximum Gasteiger partial charge on any atom is 0.346 e. The van der Waals surface area contributed by atoms with Gasteiger partial charge in [-0.05, 0) is 24.3 Å². The zero-order chi connectivity index (χ0) is 17.7. The first-order chi connectivity index (χ1) is 12.7. The molecule has 3 aromatic rings. The average molecular weight is 351 g/mol. The van der Waals surface area contributed by atoms with E-state index in [2.05, 4.69) is 27.2 Å². The summed E-state index contributed by atoms with van der Waals surface area (Å²) in [6.07, 6.45) is 5.36. The lowest BCUT2D eigenvalue weighted by atomic mass is 9.76. The molecule has 1 aliphatic heterocycles. The van der Waals surface area contributed by atoms with Crippen LogP contribution in [0, 0.1) is 0 Å². The van der Waals surface area contributed by atoms with Gasteiger partial charge in [-0.15, -0.1) is 0 Å². The Bertz CT molecular complexity index is 978. The molecule has 7 heteroatoms. The number of aromatic nitrogens is 5. The van der Waals surface area contributed by atoms with E-state index in [9.17, 15) is 9.18 Å². The van der Waals surface area contributed by atoms with E-state index in [1.807, 2.05) is 18.2 Å². The summed E-state index contributed by atoms with van der Waals surface area (Å²) in [6, 6.07) is 9.87. The van der Waals surface area contributed by atoms with Crippen molar-refractivity contribution >= 4 is 0 Å². The molecule has 0 unspecified atom stereocenters. The second-order valence-corrected chi connectivity index (χ2v) is 7.04. The lowest BCUT2D eigenvalue weighted by molar-refractivity contribution is 0.231. The summed E-state index contributed by atoms with van der Waals surface area (Å²) in [6.45, 7) is 0. The second-order valence-electron chi connectivity index (χ2n) is 7.04. The highest BCUT2D eigenvalue weighted by Gasteiger charge is 2.41. The van der Waals surface area contributed by atoms with Gasteiger partial charge in [-0.3, -0.25) is 14.5 Å². The fourth-order valence-electron chi connectivity index (χ4n) is 4.08. The van der Waals surface area contributed by atoms with Crippen molar-refractivity contribution in [2.24, 2.45) is 0 Å². The Hall–Kier alpha value is -2.83. The molecule has 0 amide bonds. The fraction of sp³-hybridized carbons (Fsp3) is 0.368. The molecular weight excluding hydrogens is 333 g/mol. The molecular formula is C19H18FN5O. The van der Waals surface area contributed by atoms with E-state index >= 15 is 0 Å². The molecule has 2 aromatic heterocycles. The fourth-order valence-corrected chi connectivity index (χ4v) is 4.08. The van der Waals surface area contributed by atoms with E-state index in [1.165, 1.54) is 14.8 Å². The van der Waals surface area contributed by atoms with Gasteiger partial charge in [-0.25, -0.2) is 13.9 Å². The third-order valence-corrected chi connectivity index (χ3v) is 5.54. The quantitative estimate of drug-likeness (QED) is 0.728. The maximum absolute atomic E-state index is 14.5. The van der Waals surface area contributed by atoms with E-state index < -0.39 is 12.2 Å². The van der Waals surface area contributed by atoms with Gasteiger partial charge in [-0.1, -0.05) is 30.3 Å². The van der Waals surface area contributed by atoms with Crippen molar-refractivity contribution in [3.63, 3.8) is 0 Å². The van der Waals surface area contributed by atoms with Crippen molar-refractivity contribution in [2.75, 3.05) is 0 Å². The molecule has 0 N–H and O–H groups in total. The minimum atomic E-state index is -1.25. The van der Waals surface area contributed by atoms with Crippen LogP contribution in [0.2, 0.25) is 0 Å². The van der Waals surface area contributed by atoms with Crippen LogP contribution in [0.3, 0.4) is 0 Å². The van der Waals surface area contributed by atoms with Crippen LogP contribution in [0.25, 0.3) is 0 Å². The van der Waals surface area contributed by atoms with Crippen molar-refractivity contribution in [3.8, 4) is 0 Å². The van der Waals surface area contributed by atoms with Gasteiger partial charge in [0.05, 0.1) is 24.0 Å². The predicted molar refractivity (Wildman–Crippen MR) is 92.6 cm³/mol. The predicted octanol–water partition coefficient (Wildman–Crippen LogP) is 2.96. The monoisotopic (exact) mass is 351 g/mol.